The molecule has 1 aliphatic carbocycles. The van der Waals surface area contributed by atoms with Crippen molar-refractivity contribution in [2.24, 2.45) is 0 Å². The lowest BCUT2D eigenvalue weighted by atomic mass is 10.2. The molecule has 0 unspecified atom stereocenters. The summed E-state index contributed by atoms with van der Waals surface area (Å²) in [6, 6.07) is 10.0. The zero-order valence-electron chi connectivity index (χ0n) is 10.1. The Morgan fingerprint density at radius 2 is 1.83 bits per heavy atom. The van der Waals surface area contributed by atoms with E-state index < -0.39 is 0 Å². The summed E-state index contributed by atoms with van der Waals surface area (Å²) in [7, 11) is 0. The molecule has 1 aromatic heterocycles. The monoisotopic (exact) mass is 241 g/mol. The van der Waals surface area contributed by atoms with Crippen LogP contribution >= 0.6 is 0 Å². The van der Waals surface area contributed by atoms with E-state index in [-0.39, 0.29) is 11.6 Å². The highest BCUT2D eigenvalue weighted by atomic mass is 16.1. The second kappa shape index (κ2) is 4.72. The van der Waals surface area contributed by atoms with Crippen LogP contribution in [0.25, 0.3) is 11.4 Å². The molecule has 2 aromatic rings. The highest BCUT2D eigenvalue weighted by Gasteiger charge is 2.19. The van der Waals surface area contributed by atoms with Gasteiger partial charge in [0.05, 0.1) is 12.2 Å². The van der Waals surface area contributed by atoms with Gasteiger partial charge in [-0.05, 0) is 12.8 Å². The fourth-order valence-corrected chi connectivity index (χ4v) is 2.48. The van der Waals surface area contributed by atoms with Crippen LogP contribution in [0.15, 0.2) is 41.3 Å². The van der Waals surface area contributed by atoms with Gasteiger partial charge in [-0.2, -0.15) is 0 Å². The Morgan fingerprint density at radius 3 is 2.56 bits per heavy atom. The van der Waals surface area contributed by atoms with Crippen molar-refractivity contribution in [1.82, 2.24) is 14.8 Å². The lowest BCUT2D eigenvalue weighted by molar-refractivity contribution is 0.441. The van der Waals surface area contributed by atoms with Crippen molar-refractivity contribution in [3.63, 3.8) is 0 Å². The Kier molecular flexibility index (Phi) is 2.92. The molecule has 1 aliphatic rings. The molecule has 0 bridgehead atoms. The summed E-state index contributed by atoms with van der Waals surface area (Å²) in [5, 5.41) is 4.42. The van der Waals surface area contributed by atoms with E-state index in [2.05, 4.69) is 10.1 Å². The van der Waals surface area contributed by atoms with E-state index in [1.54, 1.807) is 4.68 Å². The molecule has 0 atom stereocenters. The SMILES string of the molecule is O=c1cnc(-c2ccccc2)nn1C1CCCC1. The molecule has 1 fully saturated rings. The first-order valence-corrected chi connectivity index (χ1v) is 6.36. The topological polar surface area (TPSA) is 47.8 Å². The molecule has 0 radical (unpaired) electrons. The first-order chi connectivity index (χ1) is 8.84. The van der Waals surface area contributed by atoms with E-state index in [9.17, 15) is 4.79 Å². The molecule has 4 nitrogen and oxygen atoms in total. The number of aromatic nitrogens is 3. The van der Waals surface area contributed by atoms with Crippen LogP contribution in [-0.4, -0.2) is 14.8 Å². The molecule has 1 saturated carbocycles. The first-order valence-electron chi connectivity index (χ1n) is 6.36. The van der Waals surface area contributed by atoms with Gasteiger partial charge in [0.15, 0.2) is 5.82 Å². The zero-order valence-corrected chi connectivity index (χ0v) is 10.1. The van der Waals surface area contributed by atoms with Crippen molar-refractivity contribution >= 4 is 0 Å². The molecule has 4 heteroatoms. The van der Waals surface area contributed by atoms with Crippen LogP contribution < -0.4 is 5.56 Å². The minimum absolute atomic E-state index is 0.0958. The van der Waals surface area contributed by atoms with Crippen molar-refractivity contribution in [2.75, 3.05) is 0 Å². The van der Waals surface area contributed by atoms with Gasteiger partial charge >= 0.3 is 0 Å². The van der Waals surface area contributed by atoms with Crippen LogP contribution in [0.3, 0.4) is 0 Å². The first kappa shape index (κ1) is 11.1. The summed E-state index contributed by atoms with van der Waals surface area (Å²) in [6.07, 6.45) is 5.84. The third kappa shape index (κ3) is 2.06. The molecular weight excluding hydrogens is 226 g/mol. The zero-order chi connectivity index (χ0) is 12.4. The van der Waals surface area contributed by atoms with Gasteiger partial charge in [0.1, 0.15) is 0 Å². The van der Waals surface area contributed by atoms with E-state index in [0.29, 0.717) is 5.82 Å². The Balaban J connectivity index is 2.03. The molecule has 3 rings (SSSR count). The maximum Gasteiger partial charge on any atom is 0.285 e. The van der Waals surface area contributed by atoms with Crippen LogP contribution in [-0.2, 0) is 0 Å². The smallest absolute Gasteiger partial charge is 0.266 e. The van der Waals surface area contributed by atoms with E-state index in [1.165, 1.54) is 19.0 Å². The third-order valence-corrected chi connectivity index (χ3v) is 3.43. The summed E-state index contributed by atoms with van der Waals surface area (Å²) in [5.41, 5.74) is 0.853. The van der Waals surface area contributed by atoms with E-state index in [0.717, 1.165) is 18.4 Å². The van der Waals surface area contributed by atoms with Gasteiger partial charge in [-0.15, -0.1) is 5.10 Å². The van der Waals surface area contributed by atoms with Crippen LogP contribution in [0.4, 0.5) is 0 Å². The Labute approximate surface area is 105 Å². The van der Waals surface area contributed by atoms with Gasteiger partial charge in [-0.1, -0.05) is 43.2 Å². The van der Waals surface area contributed by atoms with Crippen molar-refractivity contribution in [3.05, 3.63) is 46.9 Å². The van der Waals surface area contributed by atoms with Gasteiger partial charge in [-0.3, -0.25) is 4.79 Å². The minimum Gasteiger partial charge on any atom is -0.266 e. The fraction of sp³-hybridized carbons (Fsp3) is 0.357. The normalized spacial score (nSPS) is 16.0. The van der Waals surface area contributed by atoms with Gasteiger partial charge in [0.25, 0.3) is 5.56 Å². The average molecular weight is 241 g/mol. The molecule has 0 spiro atoms. The van der Waals surface area contributed by atoms with Gasteiger partial charge in [0, 0.05) is 5.56 Å². The molecule has 0 saturated heterocycles. The molecule has 1 aromatic carbocycles. The second-order valence-corrected chi connectivity index (χ2v) is 4.67. The summed E-state index contributed by atoms with van der Waals surface area (Å²) in [5.74, 6) is 0.627. The molecule has 0 aliphatic heterocycles. The summed E-state index contributed by atoms with van der Waals surface area (Å²) < 4.78 is 1.61. The number of hydrogen-bond donors (Lipinski definition) is 0. The Hall–Kier alpha value is -1.97. The van der Waals surface area contributed by atoms with E-state index in [1.807, 2.05) is 30.3 Å². The second-order valence-electron chi connectivity index (χ2n) is 4.67. The lowest BCUT2D eigenvalue weighted by Gasteiger charge is -2.12. The highest BCUT2D eigenvalue weighted by molar-refractivity contribution is 5.53. The Morgan fingerprint density at radius 1 is 1.11 bits per heavy atom. The van der Waals surface area contributed by atoms with Crippen LogP contribution in [0.5, 0.6) is 0 Å². The molecule has 18 heavy (non-hydrogen) atoms. The van der Waals surface area contributed by atoms with Crippen LogP contribution in [0.2, 0.25) is 0 Å². The third-order valence-electron chi connectivity index (χ3n) is 3.43. The minimum atomic E-state index is -0.0958. The van der Waals surface area contributed by atoms with Crippen molar-refractivity contribution in [3.8, 4) is 11.4 Å². The van der Waals surface area contributed by atoms with Gasteiger partial charge in [0.2, 0.25) is 0 Å². The summed E-state index contributed by atoms with van der Waals surface area (Å²) in [4.78, 5) is 16.0. The predicted octanol–water partition coefficient (Wildman–Crippen LogP) is 2.42. The predicted molar refractivity (Wildman–Crippen MR) is 69.2 cm³/mol. The molecule has 92 valence electrons. The van der Waals surface area contributed by atoms with Crippen LogP contribution in [0.1, 0.15) is 31.7 Å². The number of rotatable bonds is 2. The molecule has 1 heterocycles. The molecule has 0 N–H and O–H groups in total. The number of benzene rings is 1. The summed E-state index contributed by atoms with van der Waals surface area (Å²) >= 11 is 0. The molecule has 0 amide bonds. The average Bonchev–Trinajstić information content (AvgIpc) is 2.94. The maximum absolute atomic E-state index is 11.8. The number of hydrogen-bond acceptors (Lipinski definition) is 3. The summed E-state index contributed by atoms with van der Waals surface area (Å²) in [6.45, 7) is 0. The van der Waals surface area contributed by atoms with E-state index >= 15 is 0 Å². The fourth-order valence-electron chi connectivity index (χ4n) is 2.48. The van der Waals surface area contributed by atoms with Crippen molar-refractivity contribution in [1.29, 1.82) is 0 Å². The van der Waals surface area contributed by atoms with E-state index in [4.69, 9.17) is 0 Å². The number of nitrogens with zero attached hydrogens (tertiary/aromatic N) is 3. The highest BCUT2D eigenvalue weighted by Crippen LogP contribution is 2.27. The largest absolute Gasteiger partial charge is 0.285 e. The van der Waals surface area contributed by atoms with Crippen molar-refractivity contribution in [2.45, 2.75) is 31.7 Å². The Bertz CT molecular complexity index is 585. The lowest BCUT2D eigenvalue weighted by Crippen LogP contribution is -2.26. The maximum atomic E-state index is 11.8. The van der Waals surface area contributed by atoms with Crippen LogP contribution in [0, 0.1) is 0 Å². The quantitative estimate of drug-likeness (QED) is 0.811. The van der Waals surface area contributed by atoms with Gasteiger partial charge < -0.3 is 0 Å². The van der Waals surface area contributed by atoms with Crippen molar-refractivity contribution < 1.29 is 0 Å². The molecular formula is C14H15N3O. The van der Waals surface area contributed by atoms with Gasteiger partial charge in [-0.25, -0.2) is 9.67 Å². The standard InChI is InChI=1S/C14H15N3O/c18-13-10-15-14(11-6-2-1-3-7-11)16-17(13)12-8-4-5-9-12/h1-3,6-7,10,12H,4-5,8-9H2.